The predicted octanol–water partition coefficient (Wildman–Crippen LogP) is 2.39. The lowest BCUT2D eigenvalue weighted by Crippen LogP contribution is -2.15. The fourth-order valence-corrected chi connectivity index (χ4v) is 1.72. The first kappa shape index (κ1) is 13.0. The first-order chi connectivity index (χ1) is 9.10. The molecule has 5 nitrogen and oxygen atoms in total. The summed E-state index contributed by atoms with van der Waals surface area (Å²) in [6.45, 7) is 3.77. The number of aromatic nitrogens is 2. The summed E-state index contributed by atoms with van der Waals surface area (Å²) in [7, 11) is 1.80. The van der Waals surface area contributed by atoms with Crippen LogP contribution in [0.5, 0.6) is 0 Å². The van der Waals surface area contributed by atoms with E-state index in [9.17, 15) is 4.79 Å². The number of nitrogens with zero attached hydrogens (tertiary/aromatic N) is 2. The van der Waals surface area contributed by atoms with Gasteiger partial charge in [0.15, 0.2) is 0 Å². The van der Waals surface area contributed by atoms with Crippen molar-refractivity contribution >= 4 is 17.3 Å². The van der Waals surface area contributed by atoms with Crippen molar-refractivity contribution in [2.24, 2.45) is 0 Å². The SMILES string of the molecule is CNc1ccnc(C(=O)Nc2ccc(C)nc2C)c1. The summed E-state index contributed by atoms with van der Waals surface area (Å²) < 4.78 is 0. The number of aryl methyl sites for hydroxylation is 2. The Kier molecular flexibility index (Phi) is 3.75. The fourth-order valence-electron chi connectivity index (χ4n) is 1.72. The lowest BCUT2D eigenvalue weighted by Gasteiger charge is -2.08. The smallest absolute Gasteiger partial charge is 0.274 e. The van der Waals surface area contributed by atoms with Crippen LogP contribution in [0.1, 0.15) is 21.9 Å². The Hall–Kier alpha value is -2.43. The van der Waals surface area contributed by atoms with Crippen LogP contribution in [0.2, 0.25) is 0 Å². The van der Waals surface area contributed by atoms with Crippen LogP contribution >= 0.6 is 0 Å². The van der Waals surface area contributed by atoms with E-state index in [1.165, 1.54) is 0 Å². The van der Waals surface area contributed by atoms with Crippen molar-refractivity contribution in [3.8, 4) is 0 Å². The van der Waals surface area contributed by atoms with Crippen molar-refractivity contribution in [1.82, 2.24) is 9.97 Å². The highest BCUT2D eigenvalue weighted by Crippen LogP contribution is 2.14. The van der Waals surface area contributed by atoms with Gasteiger partial charge in [-0.25, -0.2) is 0 Å². The Morgan fingerprint density at radius 1 is 1.21 bits per heavy atom. The summed E-state index contributed by atoms with van der Waals surface area (Å²) in [4.78, 5) is 20.5. The molecule has 1 amide bonds. The standard InChI is InChI=1S/C14H16N4O/c1-9-4-5-12(10(2)17-9)18-14(19)13-8-11(15-3)6-7-16-13/h4-8H,1-3H3,(H,15,16)(H,18,19). The molecule has 0 fully saturated rings. The first-order valence-electron chi connectivity index (χ1n) is 5.99. The van der Waals surface area contributed by atoms with E-state index in [1.54, 1.807) is 25.4 Å². The van der Waals surface area contributed by atoms with E-state index in [2.05, 4.69) is 20.6 Å². The Morgan fingerprint density at radius 3 is 2.68 bits per heavy atom. The van der Waals surface area contributed by atoms with Crippen LogP contribution in [0.3, 0.4) is 0 Å². The van der Waals surface area contributed by atoms with Gasteiger partial charge in [-0.3, -0.25) is 14.8 Å². The largest absolute Gasteiger partial charge is 0.388 e. The quantitative estimate of drug-likeness (QED) is 0.884. The maximum atomic E-state index is 12.1. The maximum Gasteiger partial charge on any atom is 0.274 e. The third kappa shape index (κ3) is 3.07. The van der Waals surface area contributed by atoms with Gasteiger partial charge in [-0.1, -0.05) is 0 Å². The Bertz CT molecular complexity index is 610. The van der Waals surface area contributed by atoms with Crippen LogP contribution in [0.4, 0.5) is 11.4 Å². The van der Waals surface area contributed by atoms with E-state index >= 15 is 0 Å². The summed E-state index contributed by atoms with van der Waals surface area (Å²) >= 11 is 0. The summed E-state index contributed by atoms with van der Waals surface area (Å²) in [5.74, 6) is -0.245. The number of nitrogens with one attached hydrogen (secondary N) is 2. The van der Waals surface area contributed by atoms with Gasteiger partial charge in [-0.05, 0) is 38.1 Å². The minimum Gasteiger partial charge on any atom is -0.388 e. The molecule has 0 atom stereocenters. The Labute approximate surface area is 112 Å². The zero-order chi connectivity index (χ0) is 13.8. The van der Waals surface area contributed by atoms with Gasteiger partial charge in [-0.2, -0.15) is 0 Å². The van der Waals surface area contributed by atoms with Gasteiger partial charge in [0.1, 0.15) is 5.69 Å². The third-order valence-corrected chi connectivity index (χ3v) is 2.75. The van der Waals surface area contributed by atoms with Gasteiger partial charge in [-0.15, -0.1) is 0 Å². The molecule has 5 heteroatoms. The van der Waals surface area contributed by atoms with Crippen molar-refractivity contribution in [3.63, 3.8) is 0 Å². The predicted molar refractivity (Wildman–Crippen MR) is 75.4 cm³/mol. The zero-order valence-corrected chi connectivity index (χ0v) is 11.2. The van der Waals surface area contributed by atoms with Crippen molar-refractivity contribution in [2.45, 2.75) is 13.8 Å². The number of carbonyl (C=O) groups is 1. The van der Waals surface area contributed by atoms with Gasteiger partial charge in [0.25, 0.3) is 5.91 Å². The van der Waals surface area contributed by atoms with Gasteiger partial charge >= 0.3 is 0 Å². The van der Waals surface area contributed by atoms with E-state index in [0.29, 0.717) is 11.4 Å². The molecular formula is C14H16N4O. The fraction of sp³-hybridized carbons (Fsp3) is 0.214. The van der Waals surface area contributed by atoms with Crippen LogP contribution in [0.15, 0.2) is 30.5 Å². The monoisotopic (exact) mass is 256 g/mol. The second-order valence-electron chi connectivity index (χ2n) is 4.22. The molecule has 0 radical (unpaired) electrons. The summed E-state index contributed by atoms with van der Waals surface area (Å²) in [6, 6.07) is 7.21. The number of rotatable bonds is 3. The molecule has 0 unspecified atom stereocenters. The van der Waals surface area contributed by atoms with Crippen LogP contribution in [0.25, 0.3) is 0 Å². The van der Waals surface area contributed by atoms with E-state index in [0.717, 1.165) is 17.1 Å². The summed E-state index contributed by atoms with van der Waals surface area (Å²) in [6.07, 6.45) is 1.60. The molecule has 0 aliphatic heterocycles. The van der Waals surface area contributed by atoms with Gasteiger partial charge < -0.3 is 10.6 Å². The molecule has 2 heterocycles. The molecule has 2 aromatic heterocycles. The van der Waals surface area contributed by atoms with Gasteiger partial charge in [0.05, 0.1) is 11.4 Å². The minimum atomic E-state index is -0.245. The second-order valence-corrected chi connectivity index (χ2v) is 4.22. The van der Waals surface area contributed by atoms with Gasteiger partial charge in [0, 0.05) is 24.6 Å². The van der Waals surface area contributed by atoms with E-state index < -0.39 is 0 Å². The molecule has 0 aliphatic rings. The maximum absolute atomic E-state index is 12.1. The number of carbonyl (C=O) groups excluding carboxylic acids is 1. The lowest BCUT2D eigenvalue weighted by atomic mass is 10.2. The summed E-state index contributed by atoms with van der Waals surface area (Å²) in [5, 5.41) is 5.79. The highest BCUT2D eigenvalue weighted by Gasteiger charge is 2.10. The summed E-state index contributed by atoms with van der Waals surface area (Å²) in [5.41, 5.74) is 3.63. The molecular weight excluding hydrogens is 240 g/mol. The molecule has 0 spiro atoms. The van der Waals surface area contributed by atoms with Crippen molar-refractivity contribution in [3.05, 3.63) is 47.5 Å². The van der Waals surface area contributed by atoms with E-state index in [1.807, 2.05) is 26.0 Å². The highest BCUT2D eigenvalue weighted by molar-refractivity contribution is 6.03. The molecule has 0 saturated carbocycles. The second kappa shape index (κ2) is 5.48. The molecule has 0 aliphatic carbocycles. The molecule has 2 rings (SSSR count). The Balaban J connectivity index is 2.20. The molecule has 2 aromatic rings. The number of pyridine rings is 2. The topological polar surface area (TPSA) is 66.9 Å². The van der Waals surface area contributed by atoms with Crippen LogP contribution in [-0.4, -0.2) is 22.9 Å². The van der Waals surface area contributed by atoms with Crippen LogP contribution in [-0.2, 0) is 0 Å². The molecule has 19 heavy (non-hydrogen) atoms. The lowest BCUT2D eigenvalue weighted by molar-refractivity contribution is 0.102. The van der Waals surface area contributed by atoms with Gasteiger partial charge in [0.2, 0.25) is 0 Å². The minimum absolute atomic E-state index is 0.245. The first-order valence-corrected chi connectivity index (χ1v) is 5.99. The average Bonchev–Trinajstić information content (AvgIpc) is 2.42. The van der Waals surface area contributed by atoms with Crippen molar-refractivity contribution < 1.29 is 4.79 Å². The average molecular weight is 256 g/mol. The van der Waals surface area contributed by atoms with Crippen LogP contribution < -0.4 is 10.6 Å². The normalized spacial score (nSPS) is 10.1. The molecule has 0 aromatic carbocycles. The number of hydrogen-bond donors (Lipinski definition) is 2. The van der Waals surface area contributed by atoms with Crippen LogP contribution in [0, 0.1) is 13.8 Å². The Morgan fingerprint density at radius 2 is 2.00 bits per heavy atom. The number of anilines is 2. The molecule has 0 bridgehead atoms. The zero-order valence-electron chi connectivity index (χ0n) is 11.2. The molecule has 98 valence electrons. The number of hydrogen-bond acceptors (Lipinski definition) is 4. The van der Waals surface area contributed by atoms with Crippen molar-refractivity contribution in [1.29, 1.82) is 0 Å². The van der Waals surface area contributed by atoms with E-state index in [-0.39, 0.29) is 5.91 Å². The van der Waals surface area contributed by atoms with Crippen molar-refractivity contribution in [2.75, 3.05) is 17.7 Å². The highest BCUT2D eigenvalue weighted by atomic mass is 16.1. The van der Waals surface area contributed by atoms with E-state index in [4.69, 9.17) is 0 Å². The molecule has 2 N–H and O–H groups in total. The third-order valence-electron chi connectivity index (χ3n) is 2.75. The molecule has 0 saturated heterocycles. The number of amides is 1.